The van der Waals surface area contributed by atoms with Gasteiger partial charge in [0.1, 0.15) is 13.3 Å². The van der Waals surface area contributed by atoms with Crippen LogP contribution in [0.2, 0.25) is 0 Å². The molecule has 0 aliphatic carbocycles. The standard InChI is InChI=1S/C8H11F3N2O/c1-7(2,8(9,10)11)4-14-6-3-12-5-13-6/h3H,4-5H2,1-2H3. The van der Waals surface area contributed by atoms with Crippen LogP contribution in [-0.2, 0) is 4.74 Å². The third-order valence-electron chi connectivity index (χ3n) is 1.86. The highest BCUT2D eigenvalue weighted by Gasteiger charge is 2.48. The average Bonchev–Trinajstić information content (AvgIpc) is 2.50. The Morgan fingerprint density at radius 3 is 2.50 bits per heavy atom. The summed E-state index contributed by atoms with van der Waals surface area (Å²) in [5, 5.41) is 0. The highest BCUT2D eigenvalue weighted by molar-refractivity contribution is 6.27. The van der Waals surface area contributed by atoms with E-state index in [1.165, 1.54) is 6.21 Å². The molecule has 0 aromatic carbocycles. The predicted octanol–water partition coefficient (Wildman–Crippen LogP) is 2.03. The Bertz CT molecular complexity index is 268. The molecule has 1 aliphatic rings. The summed E-state index contributed by atoms with van der Waals surface area (Å²) in [5.41, 5.74) is -1.87. The van der Waals surface area contributed by atoms with Crippen LogP contribution in [0.15, 0.2) is 9.98 Å². The normalized spacial score (nSPS) is 17.1. The Morgan fingerprint density at radius 1 is 1.43 bits per heavy atom. The molecule has 0 N–H and O–H groups in total. The molecule has 0 radical (unpaired) electrons. The van der Waals surface area contributed by atoms with Gasteiger partial charge in [0.05, 0.1) is 11.6 Å². The van der Waals surface area contributed by atoms with Crippen LogP contribution in [0.4, 0.5) is 13.2 Å². The zero-order chi connectivity index (χ0) is 10.8. The minimum absolute atomic E-state index is 0.169. The van der Waals surface area contributed by atoms with E-state index in [1.807, 2.05) is 0 Å². The fraction of sp³-hybridized carbons (Fsp3) is 0.750. The van der Waals surface area contributed by atoms with Crippen LogP contribution < -0.4 is 0 Å². The summed E-state index contributed by atoms with van der Waals surface area (Å²) in [5.74, 6) is 0.169. The lowest BCUT2D eigenvalue weighted by Gasteiger charge is -2.26. The minimum Gasteiger partial charge on any atom is -0.476 e. The summed E-state index contributed by atoms with van der Waals surface area (Å²) < 4.78 is 41.9. The largest absolute Gasteiger partial charge is 0.476 e. The lowest BCUT2D eigenvalue weighted by Crippen LogP contribution is -2.37. The van der Waals surface area contributed by atoms with Crippen molar-refractivity contribution in [2.24, 2.45) is 15.4 Å². The Labute approximate surface area is 79.7 Å². The molecule has 0 saturated heterocycles. The highest BCUT2D eigenvalue weighted by atomic mass is 19.4. The maximum Gasteiger partial charge on any atom is 0.397 e. The van der Waals surface area contributed by atoms with E-state index in [0.717, 1.165) is 13.8 Å². The summed E-state index contributed by atoms with van der Waals surface area (Å²) in [6.45, 7) is 1.96. The highest BCUT2D eigenvalue weighted by Crippen LogP contribution is 2.37. The maximum absolute atomic E-state index is 12.4. The van der Waals surface area contributed by atoms with Crippen molar-refractivity contribution in [3.05, 3.63) is 0 Å². The topological polar surface area (TPSA) is 34.0 Å². The van der Waals surface area contributed by atoms with E-state index in [0.29, 0.717) is 0 Å². The average molecular weight is 208 g/mol. The van der Waals surface area contributed by atoms with E-state index in [2.05, 4.69) is 9.98 Å². The fourth-order valence-electron chi connectivity index (χ4n) is 0.689. The van der Waals surface area contributed by atoms with Crippen molar-refractivity contribution in [1.29, 1.82) is 0 Å². The number of hydrogen-bond donors (Lipinski definition) is 0. The van der Waals surface area contributed by atoms with Gasteiger partial charge in [0, 0.05) is 0 Å². The molecule has 1 aliphatic heterocycles. The molecule has 3 nitrogen and oxygen atoms in total. The number of hydrogen-bond acceptors (Lipinski definition) is 3. The van der Waals surface area contributed by atoms with E-state index in [9.17, 15) is 13.2 Å². The summed E-state index contributed by atoms with van der Waals surface area (Å²) >= 11 is 0. The van der Waals surface area contributed by atoms with Gasteiger partial charge in [0.2, 0.25) is 5.90 Å². The van der Waals surface area contributed by atoms with Gasteiger partial charge in [-0.1, -0.05) is 0 Å². The third kappa shape index (κ3) is 2.46. The van der Waals surface area contributed by atoms with Crippen molar-refractivity contribution in [3.8, 4) is 0 Å². The molecule has 1 rings (SSSR count). The summed E-state index contributed by atoms with van der Waals surface area (Å²) in [4.78, 5) is 7.42. The SMILES string of the molecule is CC(C)(COC1=NCN=C1)C(F)(F)F. The molecule has 0 aromatic rings. The van der Waals surface area contributed by atoms with Gasteiger partial charge in [-0.3, -0.25) is 4.99 Å². The Hall–Kier alpha value is -1.07. The second kappa shape index (κ2) is 3.59. The zero-order valence-electron chi connectivity index (χ0n) is 7.93. The van der Waals surface area contributed by atoms with Crippen molar-refractivity contribution in [3.63, 3.8) is 0 Å². The lowest BCUT2D eigenvalue weighted by molar-refractivity contribution is -0.220. The molecule has 0 aromatic heterocycles. The number of ether oxygens (including phenoxy) is 1. The zero-order valence-corrected chi connectivity index (χ0v) is 7.93. The van der Waals surface area contributed by atoms with Crippen LogP contribution in [0.25, 0.3) is 0 Å². The van der Waals surface area contributed by atoms with Gasteiger partial charge in [-0.25, -0.2) is 4.99 Å². The Kier molecular flexibility index (Phi) is 2.82. The van der Waals surface area contributed by atoms with E-state index in [1.54, 1.807) is 0 Å². The molecular weight excluding hydrogens is 197 g/mol. The van der Waals surface area contributed by atoms with Gasteiger partial charge < -0.3 is 4.74 Å². The molecule has 1 heterocycles. The van der Waals surface area contributed by atoms with E-state index in [-0.39, 0.29) is 12.6 Å². The molecule has 0 spiro atoms. The van der Waals surface area contributed by atoms with E-state index in [4.69, 9.17) is 4.74 Å². The van der Waals surface area contributed by atoms with Gasteiger partial charge in [-0.2, -0.15) is 13.2 Å². The van der Waals surface area contributed by atoms with Crippen molar-refractivity contribution >= 4 is 12.1 Å². The quantitative estimate of drug-likeness (QED) is 0.683. The molecule has 0 atom stereocenters. The first kappa shape index (κ1) is 11.0. The molecule has 0 amide bonds. The number of alkyl halides is 3. The second-order valence-corrected chi connectivity index (χ2v) is 3.62. The molecule has 0 unspecified atom stereocenters. The molecule has 6 heteroatoms. The van der Waals surface area contributed by atoms with Crippen LogP contribution in [0.5, 0.6) is 0 Å². The molecule has 0 bridgehead atoms. The number of aliphatic imine (C=N–C) groups is 2. The van der Waals surface area contributed by atoms with Crippen LogP contribution >= 0.6 is 0 Å². The Morgan fingerprint density at radius 2 is 2.07 bits per heavy atom. The first-order valence-electron chi connectivity index (χ1n) is 4.07. The van der Waals surface area contributed by atoms with E-state index >= 15 is 0 Å². The van der Waals surface area contributed by atoms with Gasteiger partial charge in [-0.05, 0) is 13.8 Å². The van der Waals surface area contributed by atoms with Crippen LogP contribution in [0, 0.1) is 5.41 Å². The smallest absolute Gasteiger partial charge is 0.397 e. The molecule has 0 saturated carbocycles. The second-order valence-electron chi connectivity index (χ2n) is 3.62. The van der Waals surface area contributed by atoms with Gasteiger partial charge in [0.15, 0.2) is 0 Å². The molecule has 0 fully saturated rings. The lowest BCUT2D eigenvalue weighted by atomic mass is 9.94. The van der Waals surface area contributed by atoms with Gasteiger partial charge in [0.25, 0.3) is 0 Å². The van der Waals surface area contributed by atoms with Crippen molar-refractivity contribution in [2.75, 3.05) is 13.3 Å². The first-order chi connectivity index (χ1) is 6.33. The van der Waals surface area contributed by atoms with Gasteiger partial charge >= 0.3 is 6.18 Å². The Balaban J connectivity index is 2.48. The monoisotopic (exact) mass is 208 g/mol. The van der Waals surface area contributed by atoms with Crippen LogP contribution in [-0.4, -0.2) is 31.6 Å². The number of halogens is 3. The molecular formula is C8H11F3N2O. The summed E-state index contributed by atoms with van der Waals surface area (Å²) in [7, 11) is 0. The fourth-order valence-corrected chi connectivity index (χ4v) is 0.689. The molecule has 14 heavy (non-hydrogen) atoms. The summed E-state index contributed by atoms with van der Waals surface area (Å²) in [6.07, 6.45) is -2.95. The molecule has 80 valence electrons. The summed E-state index contributed by atoms with van der Waals surface area (Å²) in [6, 6.07) is 0. The van der Waals surface area contributed by atoms with E-state index < -0.39 is 18.2 Å². The third-order valence-corrected chi connectivity index (χ3v) is 1.86. The minimum atomic E-state index is -4.27. The van der Waals surface area contributed by atoms with Crippen LogP contribution in [0.1, 0.15) is 13.8 Å². The maximum atomic E-state index is 12.4. The van der Waals surface area contributed by atoms with Crippen LogP contribution in [0.3, 0.4) is 0 Å². The van der Waals surface area contributed by atoms with Crippen molar-refractivity contribution < 1.29 is 17.9 Å². The van der Waals surface area contributed by atoms with Crippen molar-refractivity contribution in [1.82, 2.24) is 0 Å². The number of rotatable bonds is 2. The number of nitrogens with zero attached hydrogens (tertiary/aromatic N) is 2. The van der Waals surface area contributed by atoms with Crippen molar-refractivity contribution in [2.45, 2.75) is 20.0 Å². The predicted molar refractivity (Wildman–Crippen MR) is 46.6 cm³/mol. The first-order valence-corrected chi connectivity index (χ1v) is 4.07. The van der Waals surface area contributed by atoms with Gasteiger partial charge in [-0.15, -0.1) is 0 Å².